The Bertz CT molecular complexity index is 324. The monoisotopic (exact) mass is 230 g/mol. The Morgan fingerprint density at radius 1 is 1.36 bits per heavy atom. The van der Waals surface area contributed by atoms with Crippen LogP contribution in [0.1, 0.15) is 12.5 Å². The van der Waals surface area contributed by atoms with E-state index in [1.807, 2.05) is 31.2 Å². The van der Waals surface area contributed by atoms with Crippen molar-refractivity contribution >= 4 is 20.6 Å². The van der Waals surface area contributed by atoms with E-state index in [0.29, 0.717) is 0 Å². The van der Waals surface area contributed by atoms with Crippen LogP contribution in [0.4, 0.5) is 0 Å². The Kier molecular flexibility index (Phi) is 4.68. The fourth-order valence-electron chi connectivity index (χ4n) is 1.25. The Morgan fingerprint density at radius 3 is 2.57 bits per heavy atom. The van der Waals surface area contributed by atoms with Crippen molar-refractivity contribution in [3.63, 3.8) is 0 Å². The van der Waals surface area contributed by atoms with Gasteiger partial charge in [-0.1, -0.05) is 34.6 Å². The molecule has 0 bridgehead atoms. The summed E-state index contributed by atoms with van der Waals surface area (Å²) in [4.78, 5) is 1.07. The molecule has 4 heteroatoms. The van der Waals surface area contributed by atoms with Gasteiger partial charge in [0.15, 0.2) is 6.29 Å². The molecule has 0 aromatic heterocycles. The van der Waals surface area contributed by atoms with Crippen molar-refractivity contribution in [3.05, 3.63) is 29.8 Å². The lowest BCUT2D eigenvalue weighted by Crippen LogP contribution is -2.10. The van der Waals surface area contributed by atoms with Gasteiger partial charge in [0.05, 0.1) is 0 Å². The molecule has 1 rings (SSSR count). The van der Waals surface area contributed by atoms with Gasteiger partial charge in [0.1, 0.15) is 0 Å². The minimum atomic E-state index is -1.29. The van der Waals surface area contributed by atoms with Crippen LogP contribution in [-0.2, 0) is 27.1 Å². The summed E-state index contributed by atoms with van der Waals surface area (Å²) < 4.78 is 0. The van der Waals surface area contributed by atoms with Gasteiger partial charge in [-0.15, -0.1) is 0 Å². The molecule has 0 radical (unpaired) electrons. The average Bonchev–Trinajstić information content (AvgIpc) is 2.16. The molecule has 0 saturated carbocycles. The summed E-state index contributed by atoms with van der Waals surface area (Å²) in [6.07, 6.45) is -1.03. The molecule has 0 aliphatic rings. The number of benzene rings is 1. The molecule has 14 heavy (non-hydrogen) atoms. The molecule has 1 atom stereocenters. The molecule has 0 aliphatic heterocycles. The van der Waals surface area contributed by atoms with E-state index in [1.165, 1.54) is 0 Å². The molecule has 0 aliphatic carbocycles. The maximum atomic E-state index is 8.91. The van der Waals surface area contributed by atoms with Crippen LogP contribution in [0.5, 0.6) is 0 Å². The van der Waals surface area contributed by atoms with Crippen LogP contribution in [0.3, 0.4) is 0 Å². The first-order chi connectivity index (χ1) is 6.65. The molecule has 1 unspecified atom stereocenters. The van der Waals surface area contributed by atoms with Crippen molar-refractivity contribution in [1.29, 1.82) is 0 Å². The minimum absolute atomic E-state index is 0.207. The van der Waals surface area contributed by atoms with Crippen molar-refractivity contribution in [1.82, 2.24) is 0 Å². The summed E-state index contributed by atoms with van der Waals surface area (Å²) in [5.74, 6) is 0.911. The SMILES string of the molecule is CCS(=S)c1ccccc1CC(O)O. The zero-order valence-electron chi connectivity index (χ0n) is 8.01. The lowest BCUT2D eigenvalue weighted by atomic mass is 10.1. The topological polar surface area (TPSA) is 40.5 Å². The fraction of sp³-hybridized carbons (Fsp3) is 0.400. The van der Waals surface area contributed by atoms with E-state index in [1.54, 1.807) is 0 Å². The van der Waals surface area contributed by atoms with E-state index in [4.69, 9.17) is 21.4 Å². The van der Waals surface area contributed by atoms with Gasteiger partial charge in [-0.25, -0.2) is 0 Å². The van der Waals surface area contributed by atoms with E-state index < -0.39 is 6.29 Å². The predicted octanol–water partition coefficient (Wildman–Crippen LogP) is 0.999. The Balaban J connectivity index is 2.97. The number of rotatable bonds is 4. The number of hydrogen-bond acceptors (Lipinski definition) is 3. The summed E-state index contributed by atoms with van der Waals surface area (Å²) in [6, 6.07) is 7.70. The van der Waals surface area contributed by atoms with Crippen LogP contribution < -0.4 is 0 Å². The summed E-state index contributed by atoms with van der Waals surface area (Å²) in [5, 5.41) is 17.8. The Labute approximate surface area is 91.2 Å². The molecule has 1 aromatic rings. The first kappa shape index (κ1) is 11.8. The normalized spacial score (nSPS) is 13.1. The van der Waals surface area contributed by atoms with Crippen LogP contribution in [0, 0.1) is 0 Å². The molecule has 1 aromatic carbocycles. The highest BCUT2D eigenvalue weighted by Gasteiger charge is 2.07. The first-order valence-corrected chi connectivity index (χ1v) is 6.79. The summed E-state index contributed by atoms with van der Waals surface area (Å²) in [6.45, 7) is 2.04. The molecule has 2 nitrogen and oxygen atoms in total. The lowest BCUT2D eigenvalue weighted by molar-refractivity contribution is -0.0385. The van der Waals surface area contributed by atoms with E-state index in [9.17, 15) is 0 Å². The van der Waals surface area contributed by atoms with Crippen molar-refractivity contribution < 1.29 is 10.2 Å². The summed E-state index contributed by atoms with van der Waals surface area (Å²) in [5.41, 5.74) is 0.947. The highest BCUT2D eigenvalue weighted by atomic mass is 32.8. The van der Waals surface area contributed by atoms with Crippen molar-refractivity contribution in [2.75, 3.05) is 5.75 Å². The van der Waals surface area contributed by atoms with E-state index in [-0.39, 0.29) is 15.9 Å². The molecule has 0 saturated heterocycles. The van der Waals surface area contributed by atoms with Crippen LogP contribution >= 0.6 is 0 Å². The quantitative estimate of drug-likeness (QED) is 0.758. The van der Waals surface area contributed by atoms with E-state index >= 15 is 0 Å². The zero-order valence-corrected chi connectivity index (χ0v) is 9.64. The number of hydrogen-bond donors (Lipinski definition) is 2. The van der Waals surface area contributed by atoms with Gasteiger partial charge in [0.2, 0.25) is 0 Å². The van der Waals surface area contributed by atoms with Gasteiger partial charge in [-0.3, -0.25) is 0 Å². The van der Waals surface area contributed by atoms with Gasteiger partial charge < -0.3 is 10.2 Å². The first-order valence-electron chi connectivity index (χ1n) is 4.47. The van der Waals surface area contributed by atoms with Gasteiger partial charge >= 0.3 is 0 Å². The highest BCUT2D eigenvalue weighted by Crippen LogP contribution is 2.15. The van der Waals surface area contributed by atoms with Gasteiger partial charge in [-0.05, 0) is 28.6 Å². The van der Waals surface area contributed by atoms with Crippen molar-refractivity contribution in [2.45, 2.75) is 24.5 Å². The molecular formula is C10H14O2S2. The number of aliphatic hydroxyl groups is 2. The van der Waals surface area contributed by atoms with E-state index in [0.717, 1.165) is 16.2 Å². The minimum Gasteiger partial charge on any atom is -0.368 e. The standard InChI is InChI=1S/C10H14O2S2/c1-2-14(13)9-6-4-3-5-8(9)7-10(11)12/h3-6,10-12H,2,7H2,1H3. The third kappa shape index (κ3) is 3.13. The molecule has 2 N–H and O–H groups in total. The maximum Gasteiger partial charge on any atom is 0.155 e. The van der Waals surface area contributed by atoms with Crippen LogP contribution in [0.25, 0.3) is 0 Å². The smallest absolute Gasteiger partial charge is 0.155 e. The van der Waals surface area contributed by atoms with Crippen LogP contribution in [0.15, 0.2) is 29.2 Å². The molecule has 0 spiro atoms. The second kappa shape index (κ2) is 5.56. The van der Waals surface area contributed by atoms with Gasteiger partial charge in [0, 0.05) is 11.3 Å². The van der Waals surface area contributed by atoms with Gasteiger partial charge in [0.25, 0.3) is 0 Å². The summed E-state index contributed by atoms with van der Waals surface area (Å²) in [7, 11) is -0.207. The van der Waals surface area contributed by atoms with Crippen LogP contribution in [-0.4, -0.2) is 22.3 Å². The predicted molar refractivity (Wildman–Crippen MR) is 61.9 cm³/mol. The fourth-order valence-corrected chi connectivity index (χ4v) is 2.72. The number of aliphatic hydroxyl groups excluding tert-OH is 1. The zero-order chi connectivity index (χ0) is 10.6. The highest BCUT2D eigenvalue weighted by molar-refractivity contribution is 8.28. The third-order valence-corrected chi connectivity index (χ3v) is 4.54. The second-order valence-electron chi connectivity index (χ2n) is 2.93. The molecule has 0 amide bonds. The Morgan fingerprint density at radius 2 is 2.00 bits per heavy atom. The Hall–Kier alpha value is -0.290. The lowest BCUT2D eigenvalue weighted by Gasteiger charge is -2.10. The van der Waals surface area contributed by atoms with Crippen molar-refractivity contribution in [3.8, 4) is 0 Å². The summed E-state index contributed by atoms with van der Waals surface area (Å²) >= 11 is 5.31. The average molecular weight is 230 g/mol. The maximum absolute atomic E-state index is 8.91. The largest absolute Gasteiger partial charge is 0.368 e. The van der Waals surface area contributed by atoms with Crippen LogP contribution in [0.2, 0.25) is 0 Å². The second-order valence-corrected chi connectivity index (χ2v) is 5.84. The molecular weight excluding hydrogens is 216 g/mol. The molecule has 0 heterocycles. The molecule has 78 valence electrons. The van der Waals surface area contributed by atoms with Crippen molar-refractivity contribution in [2.24, 2.45) is 0 Å². The van der Waals surface area contributed by atoms with Gasteiger partial charge in [-0.2, -0.15) is 0 Å². The molecule has 0 fully saturated rings. The van der Waals surface area contributed by atoms with E-state index in [2.05, 4.69) is 0 Å². The third-order valence-electron chi connectivity index (χ3n) is 1.88.